The SMILES string of the molecule is CCN1CCCC1CN(C)C1CCNCC1. The van der Waals surface area contributed by atoms with Gasteiger partial charge >= 0.3 is 0 Å². The van der Waals surface area contributed by atoms with E-state index >= 15 is 0 Å². The molecule has 3 nitrogen and oxygen atoms in total. The van der Waals surface area contributed by atoms with Gasteiger partial charge < -0.3 is 10.2 Å². The van der Waals surface area contributed by atoms with Gasteiger partial charge in [-0.15, -0.1) is 0 Å². The van der Waals surface area contributed by atoms with Gasteiger partial charge in [0, 0.05) is 18.6 Å². The van der Waals surface area contributed by atoms with E-state index in [0.29, 0.717) is 0 Å². The van der Waals surface area contributed by atoms with E-state index in [4.69, 9.17) is 0 Å². The quantitative estimate of drug-likeness (QED) is 0.774. The number of nitrogens with zero attached hydrogens (tertiary/aromatic N) is 2. The van der Waals surface area contributed by atoms with Gasteiger partial charge in [0.1, 0.15) is 0 Å². The minimum atomic E-state index is 0.820. The van der Waals surface area contributed by atoms with Crippen LogP contribution in [0, 0.1) is 0 Å². The van der Waals surface area contributed by atoms with Crippen molar-refractivity contribution >= 4 is 0 Å². The molecule has 0 aliphatic carbocycles. The lowest BCUT2D eigenvalue weighted by Crippen LogP contribution is -2.46. The summed E-state index contributed by atoms with van der Waals surface area (Å²) in [7, 11) is 2.32. The smallest absolute Gasteiger partial charge is 0.0223 e. The monoisotopic (exact) mass is 225 g/mol. The average molecular weight is 225 g/mol. The highest BCUT2D eigenvalue weighted by Crippen LogP contribution is 2.19. The van der Waals surface area contributed by atoms with Gasteiger partial charge in [0.25, 0.3) is 0 Å². The Kier molecular flexibility index (Phi) is 4.62. The maximum Gasteiger partial charge on any atom is 0.0223 e. The molecule has 1 unspecified atom stereocenters. The van der Waals surface area contributed by atoms with Crippen LogP contribution in [0.3, 0.4) is 0 Å². The third-order valence-corrected chi connectivity index (χ3v) is 4.34. The van der Waals surface area contributed by atoms with Crippen LogP contribution in [0.2, 0.25) is 0 Å². The predicted octanol–water partition coefficient (Wildman–Crippen LogP) is 1.15. The first kappa shape index (κ1) is 12.3. The van der Waals surface area contributed by atoms with Crippen LogP contribution in [-0.2, 0) is 0 Å². The Bertz CT molecular complexity index is 201. The minimum Gasteiger partial charge on any atom is -0.317 e. The Morgan fingerprint density at radius 2 is 2.00 bits per heavy atom. The second-order valence-electron chi connectivity index (χ2n) is 5.35. The van der Waals surface area contributed by atoms with E-state index in [0.717, 1.165) is 12.1 Å². The van der Waals surface area contributed by atoms with Crippen molar-refractivity contribution < 1.29 is 0 Å². The summed E-state index contributed by atoms with van der Waals surface area (Å²) < 4.78 is 0. The Morgan fingerprint density at radius 1 is 1.25 bits per heavy atom. The molecular weight excluding hydrogens is 198 g/mol. The van der Waals surface area contributed by atoms with Crippen LogP contribution >= 0.6 is 0 Å². The van der Waals surface area contributed by atoms with Crippen LogP contribution in [0.1, 0.15) is 32.6 Å². The summed E-state index contributed by atoms with van der Waals surface area (Å²) in [6, 6.07) is 1.64. The number of rotatable bonds is 4. The molecule has 1 N–H and O–H groups in total. The van der Waals surface area contributed by atoms with Gasteiger partial charge in [0.05, 0.1) is 0 Å². The highest BCUT2D eigenvalue weighted by atomic mass is 15.2. The molecule has 0 aromatic heterocycles. The molecule has 1 atom stereocenters. The summed E-state index contributed by atoms with van der Waals surface area (Å²) in [4.78, 5) is 5.26. The minimum absolute atomic E-state index is 0.820. The van der Waals surface area contributed by atoms with Gasteiger partial charge in [0.15, 0.2) is 0 Å². The Balaban J connectivity index is 1.78. The molecule has 16 heavy (non-hydrogen) atoms. The largest absolute Gasteiger partial charge is 0.317 e. The van der Waals surface area contributed by atoms with E-state index in [9.17, 15) is 0 Å². The number of nitrogens with one attached hydrogen (secondary N) is 1. The maximum atomic E-state index is 3.45. The molecule has 2 aliphatic heterocycles. The van der Waals surface area contributed by atoms with E-state index in [-0.39, 0.29) is 0 Å². The van der Waals surface area contributed by atoms with Crippen molar-refractivity contribution in [2.45, 2.75) is 44.7 Å². The van der Waals surface area contributed by atoms with Gasteiger partial charge in [0.2, 0.25) is 0 Å². The first-order valence-corrected chi connectivity index (χ1v) is 6.96. The molecule has 0 amide bonds. The number of hydrogen-bond donors (Lipinski definition) is 1. The lowest BCUT2D eigenvalue weighted by molar-refractivity contribution is 0.143. The van der Waals surface area contributed by atoms with Crippen molar-refractivity contribution in [1.29, 1.82) is 0 Å². The zero-order chi connectivity index (χ0) is 11.4. The van der Waals surface area contributed by atoms with Crippen LogP contribution in [0.15, 0.2) is 0 Å². The van der Waals surface area contributed by atoms with Crippen LogP contribution in [0.5, 0.6) is 0 Å². The molecule has 2 aliphatic rings. The number of likely N-dealkylation sites (N-methyl/N-ethyl adjacent to an activating group) is 2. The first-order valence-electron chi connectivity index (χ1n) is 6.96. The molecule has 0 aromatic rings. The summed E-state index contributed by atoms with van der Waals surface area (Å²) in [6.07, 6.45) is 5.46. The van der Waals surface area contributed by atoms with Crippen molar-refractivity contribution in [3.05, 3.63) is 0 Å². The van der Waals surface area contributed by atoms with Crippen LogP contribution in [0.4, 0.5) is 0 Å². The number of piperidine rings is 1. The van der Waals surface area contributed by atoms with Crippen LogP contribution in [0.25, 0.3) is 0 Å². The van der Waals surface area contributed by atoms with Gasteiger partial charge in [-0.3, -0.25) is 4.90 Å². The van der Waals surface area contributed by atoms with Gasteiger partial charge in [-0.05, 0) is 58.9 Å². The number of likely N-dealkylation sites (tertiary alicyclic amines) is 1. The van der Waals surface area contributed by atoms with Gasteiger partial charge in [-0.2, -0.15) is 0 Å². The summed E-state index contributed by atoms with van der Waals surface area (Å²) in [5.41, 5.74) is 0. The summed E-state index contributed by atoms with van der Waals surface area (Å²) in [6.45, 7) is 8.53. The Labute approximate surface area is 100 Å². The fourth-order valence-electron chi connectivity index (χ4n) is 3.25. The highest BCUT2D eigenvalue weighted by molar-refractivity contribution is 4.84. The molecule has 3 heteroatoms. The fourth-order valence-corrected chi connectivity index (χ4v) is 3.25. The zero-order valence-corrected chi connectivity index (χ0v) is 10.9. The van der Waals surface area contributed by atoms with E-state index in [1.54, 1.807) is 0 Å². The topological polar surface area (TPSA) is 18.5 Å². The van der Waals surface area contributed by atoms with Gasteiger partial charge in [-0.1, -0.05) is 6.92 Å². The molecule has 2 rings (SSSR count). The van der Waals surface area contributed by atoms with E-state index < -0.39 is 0 Å². The number of hydrogen-bond acceptors (Lipinski definition) is 3. The maximum absolute atomic E-state index is 3.45. The molecule has 2 heterocycles. The van der Waals surface area contributed by atoms with E-state index in [2.05, 4.69) is 29.1 Å². The highest BCUT2D eigenvalue weighted by Gasteiger charge is 2.26. The molecule has 0 aromatic carbocycles. The third-order valence-electron chi connectivity index (χ3n) is 4.34. The fraction of sp³-hybridized carbons (Fsp3) is 1.00. The van der Waals surface area contributed by atoms with E-state index in [1.165, 1.54) is 58.4 Å². The average Bonchev–Trinajstić information content (AvgIpc) is 2.77. The van der Waals surface area contributed by atoms with Gasteiger partial charge in [-0.25, -0.2) is 0 Å². The standard InChI is InChI=1S/C13H27N3/c1-3-16-10-4-5-13(16)11-15(2)12-6-8-14-9-7-12/h12-14H,3-11H2,1-2H3. The third kappa shape index (κ3) is 2.96. The zero-order valence-electron chi connectivity index (χ0n) is 10.9. The second kappa shape index (κ2) is 5.99. The molecule has 0 radical (unpaired) electrons. The Hall–Kier alpha value is -0.120. The predicted molar refractivity (Wildman–Crippen MR) is 68.8 cm³/mol. The van der Waals surface area contributed by atoms with Crippen molar-refractivity contribution in [1.82, 2.24) is 15.1 Å². The molecule has 0 saturated carbocycles. The second-order valence-corrected chi connectivity index (χ2v) is 5.35. The molecular formula is C13H27N3. The van der Waals surface area contributed by atoms with Crippen molar-refractivity contribution in [3.8, 4) is 0 Å². The van der Waals surface area contributed by atoms with Crippen molar-refractivity contribution in [2.24, 2.45) is 0 Å². The first-order chi connectivity index (χ1) is 7.81. The lowest BCUT2D eigenvalue weighted by Gasteiger charge is -2.35. The molecule has 0 bridgehead atoms. The molecule has 0 spiro atoms. The summed E-state index contributed by atoms with van der Waals surface area (Å²) in [5.74, 6) is 0. The molecule has 2 fully saturated rings. The Morgan fingerprint density at radius 3 is 2.69 bits per heavy atom. The summed E-state index contributed by atoms with van der Waals surface area (Å²) >= 11 is 0. The lowest BCUT2D eigenvalue weighted by atomic mass is 10.0. The molecule has 2 saturated heterocycles. The van der Waals surface area contributed by atoms with Crippen molar-refractivity contribution in [3.63, 3.8) is 0 Å². The molecule has 94 valence electrons. The van der Waals surface area contributed by atoms with Crippen LogP contribution < -0.4 is 5.32 Å². The van der Waals surface area contributed by atoms with E-state index in [1.807, 2.05) is 0 Å². The van der Waals surface area contributed by atoms with Crippen LogP contribution in [-0.4, -0.2) is 61.7 Å². The van der Waals surface area contributed by atoms with Crippen molar-refractivity contribution in [2.75, 3.05) is 39.8 Å². The summed E-state index contributed by atoms with van der Waals surface area (Å²) in [5, 5.41) is 3.45. The normalized spacial score (nSPS) is 29.1.